The molecule has 0 fully saturated rings. The number of esters is 1. The molecule has 2 aromatic carbocycles. The van der Waals surface area contributed by atoms with Crippen LogP contribution in [0.15, 0.2) is 51.9 Å². The van der Waals surface area contributed by atoms with E-state index in [1.54, 1.807) is 30.3 Å². The smallest absolute Gasteiger partial charge is 0.308 e. The van der Waals surface area contributed by atoms with Crippen LogP contribution >= 0.6 is 0 Å². The van der Waals surface area contributed by atoms with Crippen LogP contribution in [0.3, 0.4) is 0 Å². The number of fused-ring (bicyclic) bond motifs is 2. The van der Waals surface area contributed by atoms with Gasteiger partial charge in [0, 0.05) is 19.4 Å². The van der Waals surface area contributed by atoms with Gasteiger partial charge in [-0.3, -0.25) is 9.59 Å². The predicted octanol–water partition coefficient (Wildman–Crippen LogP) is 3.55. The second-order valence-corrected chi connectivity index (χ2v) is 5.94. The molecule has 0 saturated carbocycles. The molecule has 1 aromatic heterocycles. The molecule has 132 valence electrons. The molecule has 0 atom stereocenters. The maximum Gasteiger partial charge on any atom is 0.308 e. The Balaban J connectivity index is 1.77. The van der Waals surface area contributed by atoms with Crippen molar-refractivity contribution in [3.05, 3.63) is 52.9 Å². The topological polar surface area (TPSA) is 75.0 Å². The summed E-state index contributed by atoms with van der Waals surface area (Å²) in [6, 6.07) is 10.1. The van der Waals surface area contributed by atoms with Crippen molar-refractivity contribution in [1.82, 2.24) is 0 Å². The molecule has 2 heterocycles. The number of carbonyl (C=O) groups is 1. The lowest BCUT2D eigenvalue weighted by atomic mass is 10.0. The molecule has 0 N–H and O–H groups in total. The third-order valence-electron chi connectivity index (χ3n) is 4.07. The van der Waals surface area contributed by atoms with E-state index in [-0.39, 0.29) is 5.43 Å². The molecule has 1 aliphatic heterocycles. The molecular weight excluding hydrogens is 336 g/mol. The van der Waals surface area contributed by atoms with E-state index in [4.69, 9.17) is 18.6 Å². The normalized spacial score (nSPS) is 13.3. The van der Waals surface area contributed by atoms with E-state index >= 15 is 0 Å². The monoisotopic (exact) mass is 352 g/mol. The number of benzene rings is 2. The van der Waals surface area contributed by atoms with Crippen LogP contribution in [0.2, 0.25) is 0 Å². The molecule has 0 amide bonds. The molecule has 1 aliphatic rings. The maximum atomic E-state index is 12.9. The molecule has 6 heteroatoms. The van der Waals surface area contributed by atoms with Gasteiger partial charge in [-0.2, -0.15) is 0 Å². The third kappa shape index (κ3) is 3.01. The lowest BCUT2D eigenvalue weighted by molar-refractivity contribution is -0.131. The molecule has 3 aromatic rings. The third-order valence-corrected chi connectivity index (χ3v) is 4.07. The summed E-state index contributed by atoms with van der Waals surface area (Å²) in [5.74, 6) is 1.18. The zero-order valence-corrected chi connectivity index (χ0v) is 14.1. The molecule has 0 bridgehead atoms. The van der Waals surface area contributed by atoms with Gasteiger partial charge in [0.2, 0.25) is 0 Å². The van der Waals surface area contributed by atoms with E-state index in [1.807, 2.05) is 0 Å². The van der Waals surface area contributed by atoms with Crippen molar-refractivity contribution < 1.29 is 23.4 Å². The van der Waals surface area contributed by atoms with Gasteiger partial charge >= 0.3 is 5.97 Å². The van der Waals surface area contributed by atoms with E-state index < -0.39 is 5.97 Å². The largest absolute Gasteiger partial charge is 0.490 e. The summed E-state index contributed by atoms with van der Waals surface area (Å²) < 4.78 is 21.9. The van der Waals surface area contributed by atoms with Gasteiger partial charge in [0.15, 0.2) is 16.9 Å². The highest BCUT2D eigenvalue weighted by atomic mass is 16.5. The molecule has 0 spiro atoms. The van der Waals surface area contributed by atoms with Gasteiger partial charge in [0.05, 0.1) is 24.2 Å². The summed E-state index contributed by atoms with van der Waals surface area (Å²) in [6.07, 6.45) is 2.22. The number of ether oxygens (including phenoxy) is 3. The Labute approximate surface area is 148 Å². The van der Waals surface area contributed by atoms with Crippen LogP contribution < -0.4 is 19.6 Å². The fourth-order valence-electron chi connectivity index (χ4n) is 2.87. The van der Waals surface area contributed by atoms with Gasteiger partial charge in [0.1, 0.15) is 17.6 Å². The second kappa shape index (κ2) is 6.55. The van der Waals surface area contributed by atoms with Crippen LogP contribution in [0, 0.1) is 0 Å². The highest BCUT2D eigenvalue weighted by molar-refractivity contribution is 5.83. The Hall–Kier alpha value is -3.28. The van der Waals surface area contributed by atoms with Gasteiger partial charge < -0.3 is 18.6 Å². The van der Waals surface area contributed by atoms with Gasteiger partial charge in [-0.1, -0.05) is 6.07 Å². The molecule has 0 radical (unpaired) electrons. The van der Waals surface area contributed by atoms with Crippen molar-refractivity contribution in [1.29, 1.82) is 0 Å². The first-order valence-corrected chi connectivity index (χ1v) is 8.26. The number of hydrogen-bond acceptors (Lipinski definition) is 6. The van der Waals surface area contributed by atoms with Crippen molar-refractivity contribution in [3.63, 3.8) is 0 Å². The lowest BCUT2D eigenvalue weighted by Gasteiger charge is -2.09. The van der Waals surface area contributed by atoms with E-state index in [0.29, 0.717) is 52.6 Å². The molecule has 0 aliphatic carbocycles. The Morgan fingerprint density at radius 2 is 1.85 bits per heavy atom. The van der Waals surface area contributed by atoms with Crippen LogP contribution in [-0.4, -0.2) is 19.2 Å². The molecule has 6 nitrogen and oxygen atoms in total. The summed E-state index contributed by atoms with van der Waals surface area (Å²) in [7, 11) is 0. The van der Waals surface area contributed by atoms with Crippen LogP contribution in [-0.2, 0) is 4.79 Å². The van der Waals surface area contributed by atoms with Gasteiger partial charge in [-0.25, -0.2) is 0 Å². The molecule has 0 unspecified atom stereocenters. The summed E-state index contributed by atoms with van der Waals surface area (Å²) in [4.78, 5) is 23.9. The van der Waals surface area contributed by atoms with Crippen molar-refractivity contribution in [3.8, 4) is 28.4 Å². The summed E-state index contributed by atoms with van der Waals surface area (Å²) in [5.41, 5.74) is 1.30. The SMILES string of the molecule is CC(=O)Oc1ccc2c(=O)c(-c3ccc4c(c3)OCCCO4)coc2c1. The average Bonchev–Trinajstić information content (AvgIpc) is 2.86. The first-order valence-electron chi connectivity index (χ1n) is 8.26. The fraction of sp³-hybridized carbons (Fsp3) is 0.200. The van der Waals surface area contributed by atoms with Crippen LogP contribution in [0.4, 0.5) is 0 Å². The summed E-state index contributed by atoms with van der Waals surface area (Å²) in [5, 5.41) is 0.408. The number of hydrogen-bond donors (Lipinski definition) is 0. The predicted molar refractivity (Wildman–Crippen MR) is 94.8 cm³/mol. The Morgan fingerprint density at radius 3 is 2.65 bits per heavy atom. The molecule has 4 rings (SSSR count). The lowest BCUT2D eigenvalue weighted by Crippen LogP contribution is -2.06. The number of rotatable bonds is 2. The highest BCUT2D eigenvalue weighted by Crippen LogP contribution is 2.34. The molecule has 0 saturated heterocycles. The number of carbonyl (C=O) groups excluding carboxylic acids is 1. The van der Waals surface area contributed by atoms with Gasteiger partial charge in [-0.05, 0) is 29.8 Å². The maximum absolute atomic E-state index is 12.9. The summed E-state index contributed by atoms with van der Waals surface area (Å²) >= 11 is 0. The zero-order chi connectivity index (χ0) is 18.1. The van der Waals surface area contributed by atoms with Crippen LogP contribution in [0.1, 0.15) is 13.3 Å². The quantitative estimate of drug-likeness (QED) is 0.519. The van der Waals surface area contributed by atoms with E-state index in [1.165, 1.54) is 19.3 Å². The minimum atomic E-state index is -0.435. The van der Waals surface area contributed by atoms with Crippen molar-refractivity contribution in [2.75, 3.05) is 13.2 Å². The van der Waals surface area contributed by atoms with Gasteiger partial charge in [-0.15, -0.1) is 0 Å². The van der Waals surface area contributed by atoms with Crippen molar-refractivity contribution in [2.24, 2.45) is 0 Å². The molecular formula is C20H16O6. The Kier molecular flexibility index (Phi) is 4.08. The minimum Gasteiger partial charge on any atom is -0.490 e. The van der Waals surface area contributed by atoms with E-state index in [0.717, 1.165) is 6.42 Å². The first kappa shape index (κ1) is 16.2. The van der Waals surface area contributed by atoms with Crippen molar-refractivity contribution in [2.45, 2.75) is 13.3 Å². The minimum absolute atomic E-state index is 0.171. The average molecular weight is 352 g/mol. The van der Waals surface area contributed by atoms with Gasteiger partial charge in [0.25, 0.3) is 0 Å². The van der Waals surface area contributed by atoms with Crippen LogP contribution in [0.5, 0.6) is 17.2 Å². The standard InChI is InChI=1S/C20H16O6/c1-12(21)26-14-4-5-15-18(10-14)25-11-16(20(15)22)13-3-6-17-19(9-13)24-8-2-7-23-17/h3-6,9-11H,2,7-8H2,1H3. The van der Waals surface area contributed by atoms with Crippen molar-refractivity contribution >= 4 is 16.9 Å². The Bertz CT molecular complexity index is 1050. The zero-order valence-electron chi connectivity index (χ0n) is 14.1. The highest BCUT2D eigenvalue weighted by Gasteiger charge is 2.15. The fourth-order valence-corrected chi connectivity index (χ4v) is 2.87. The van der Waals surface area contributed by atoms with Crippen LogP contribution in [0.25, 0.3) is 22.1 Å². The summed E-state index contributed by atoms with van der Waals surface area (Å²) in [6.45, 7) is 2.49. The van der Waals surface area contributed by atoms with E-state index in [9.17, 15) is 9.59 Å². The van der Waals surface area contributed by atoms with E-state index in [2.05, 4.69) is 0 Å². The molecule has 26 heavy (non-hydrogen) atoms. The first-order chi connectivity index (χ1) is 12.6. The second-order valence-electron chi connectivity index (χ2n) is 5.94. The Morgan fingerprint density at radius 1 is 1.04 bits per heavy atom.